The molecule has 1 N–H and O–H groups in total. The molecule has 0 radical (unpaired) electrons. The van der Waals surface area contributed by atoms with Gasteiger partial charge in [0.25, 0.3) is 5.91 Å². The number of carbonyl (C=O) groups is 1. The lowest BCUT2D eigenvalue weighted by Crippen LogP contribution is -2.43. The van der Waals surface area contributed by atoms with Gasteiger partial charge in [-0.3, -0.25) is 4.79 Å². The van der Waals surface area contributed by atoms with Crippen LogP contribution in [0.15, 0.2) is 18.2 Å². The second kappa shape index (κ2) is 5.81. The third-order valence-electron chi connectivity index (χ3n) is 2.87. The molecule has 0 aliphatic carbocycles. The van der Waals surface area contributed by atoms with E-state index in [9.17, 15) is 22.4 Å². The molecule has 0 heterocycles. The molecule has 0 atom stereocenters. The van der Waals surface area contributed by atoms with Crippen LogP contribution in [-0.4, -0.2) is 11.4 Å². The van der Waals surface area contributed by atoms with Gasteiger partial charge in [0.05, 0.1) is 11.1 Å². The van der Waals surface area contributed by atoms with Gasteiger partial charge in [-0.2, -0.15) is 13.2 Å². The van der Waals surface area contributed by atoms with Crippen molar-refractivity contribution in [2.75, 3.05) is 0 Å². The van der Waals surface area contributed by atoms with Crippen LogP contribution in [0.2, 0.25) is 0 Å². The first-order chi connectivity index (χ1) is 9.07. The molecule has 0 bridgehead atoms. The van der Waals surface area contributed by atoms with Crippen LogP contribution >= 0.6 is 0 Å². The molecule has 0 aliphatic rings. The maximum atomic E-state index is 13.5. The Bertz CT molecular complexity index is 494. The van der Waals surface area contributed by atoms with E-state index >= 15 is 0 Å². The number of alkyl halides is 3. The van der Waals surface area contributed by atoms with Crippen LogP contribution in [0, 0.1) is 5.82 Å². The Morgan fingerprint density at radius 2 is 1.85 bits per heavy atom. The van der Waals surface area contributed by atoms with Gasteiger partial charge in [0.2, 0.25) is 0 Å². The molecule has 20 heavy (non-hydrogen) atoms. The van der Waals surface area contributed by atoms with Crippen LogP contribution in [0.3, 0.4) is 0 Å². The summed E-state index contributed by atoms with van der Waals surface area (Å²) in [7, 11) is 0. The second-order valence-electron chi connectivity index (χ2n) is 5.28. The van der Waals surface area contributed by atoms with Crippen LogP contribution in [0.1, 0.15) is 49.5 Å². The second-order valence-corrected chi connectivity index (χ2v) is 5.28. The Hall–Kier alpha value is -1.59. The van der Waals surface area contributed by atoms with Crippen LogP contribution in [0.5, 0.6) is 0 Å². The number of rotatable bonds is 4. The van der Waals surface area contributed by atoms with E-state index in [1.165, 1.54) is 0 Å². The van der Waals surface area contributed by atoms with Crippen LogP contribution < -0.4 is 5.32 Å². The Kier molecular flexibility index (Phi) is 4.78. The van der Waals surface area contributed by atoms with Gasteiger partial charge in [-0.1, -0.05) is 13.3 Å². The number of amides is 1. The zero-order chi connectivity index (χ0) is 15.6. The van der Waals surface area contributed by atoms with Crippen LogP contribution in [0.25, 0.3) is 0 Å². The minimum Gasteiger partial charge on any atom is -0.347 e. The first kappa shape index (κ1) is 16.5. The molecule has 0 aliphatic heterocycles. The van der Waals surface area contributed by atoms with Crippen LogP contribution in [-0.2, 0) is 6.18 Å². The molecule has 0 saturated carbocycles. The van der Waals surface area contributed by atoms with Crippen LogP contribution in [0.4, 0.5) is 17.6 Å². The van der Waals surface area contributed by atoms with Gasteiger partial charge in [0, 0.05) is 5.54 Å². The molecule has 0 aromatic heterocycles. The third kappa shape index (κ3) is 4.21. The van der Waals surface area contributed by atoms with Gasteiger partial charge in [-0.15, -0.1) is 0 Å². The Balaban J connectivity index is 3.04. The number of carbonyl (C=O) groups excluding carboxylic acids is 1. The predicted octanol–water partition coefficient (Wildman–Crippen LogP) is 4.15. The van der Waals surface area contributed by atoms with Crippen molar-refractivity contribution in [2.45, 2.75) is 45.3 Å². The van der Waals surface area contributed by atoms with Gasteiger partial charge in [-0.05, 0) is 38.5 Å². The molecule has 0 unspecified atom stereocenters. The van der Waals surface area contributed by atoms with Crippen molar-refractivity contribution in [1.29, 1.82) is 0 Å². The number of benzene rings is 1. The standard InChI is InChI=1S/C14H17F4NO/c1-4-7-13(2,3)19-12(20)10-8-9(14(16,17)18)5-6-11(10)15/h5-6,8H,4,7H2,1-3H3,(H,19,20). The van der Waals surface area contributed by atoms with E-state index < -0.39 is 34.6 Å². The summed E-state index contributed by atoms with van der Waals surface area (Å²) in [5.41, 5.74) is -2.24. The molecule has 0 fully saturated rings. The van der Waals surface area contributed by atoms with E-state index in [2.05, 4.69) is 5.32 Å². The Morgan fingerprint density at radius 3 is 2.35 bits per heavy atom. The van der Waals surface area contributed by atoms with Crippen molar-refractivity contribution >= 4 is 5.91 Å². The van der Waals surface area contributed by atoms with Gasteiger partial charge in [0.15, 0.2) is 0 Å². The van der Waals surface area contributed by atoms with E-state index in [1.54, 1.807) is 13.8 Å². The van der Waals surface area contributed by atoms with E-state index in [4.69, 9.17) is 0 Å². The highest BCUT2D eigenvalue weighted by Gasteiger charge is 2.32. The molecule has 1 rings (SSSR count). The van der Waals surface area contributed by atoms with Crippen molar-refractivity contribution in [3.63, 3.8) is 0 Å². The number of nitrogens with one attached hydrogen (secondary N) is 1. The molecule has 0 spiro atoms. The van der Waals surface area contributed by atoms with Gasteiger partial charge >= 0.3 is 6.18 Å². The first-order valence-electron chi connectivity index (χ1n) is 6.26. The maximum absolute atomic E-state index is 13.5. The lowest BCUT2D eigenvalue weighted by atomic mass is 9.98. The summed E-state index contributed by atoms with van der Waals surface area (Å²) in [4.78, 5) is 11.9. The number of hydrogen-bond donors (Lipinski definition) is 1. The summed E-state index contributed by atoms with van der Waals surface area (Å²) >= 11 is 0. The van der Waals surface area contributed by atoms with Gasteiger partial charge < -0.3 is 5.32 Å². The zero-order valence-corrected chi connectivity index (χ0v) is 11.6. The Labute approximate surface area is 115 Å². The number of halogens is 4. The summed E-state index contributed by atoms with van der Waals surface area (Å²) < 4.78 is 51.2. The summed E-state index contributed by atoms with van der Waals surface area (Å²) in [5.74, 6) is -1.81. The summed E-state index contributed by atoms with van der Waals surface area (Å²) in [6, 6.07) is 1.81. The molecule has 112 valence electrons. The molecule has 1 amide bonds. The van der Waals surface area contributed by atoms with Crippen molar-refractivity contribution in [3.8, 4) is 0 Å². The highest BCUT2D eigenvalue weighted by atomic mass is 19.4. The topological polar surface area (TPSA) is 29.1 Å². The highest BCUT2D eigenvalue weighted by Crippen LogP contribution is 2.30. The highest BCUT2D eigenvalue weighted by molar-refractivity contribution is 5.95. The smallest absolute Gasteiger partial charge is 0.347 e. The van der Waals surface area contributed by atoms with E-state index in [-0.39, 0.29) is 0 Å². The van der Waals surface area contributed by atoms with E-state index in [0.717, 1.165) is 6.42 Å². The largest absolute Gasteiger partial charge is 0.416 e. The molecule has 2 nitrogen and oxygen atoms in total. The average Bonchev–Trinajstić information content (AvgIpc) is 2.26. The monoisotopic (exact) mass is 291 g/mol. The fourth-order valence-electron chi connectivity index (χ4n) is 1.94. The summed E-state index contributed by atoms with van der Waals surface area (Å²) in [6.07, 6.45) is -3.18. The fourth-order valence-corrected chi connectivity index (χ4v) is 1.94. The molecule has 1 aromatic carbocycles. The van der Waals surface area contributed by atoms with E-state index in [1.807, 2.05) is 6.92 Å². The maximum Gasteiger partial charge on any atom is 0.416 e. The van der Waals surface area contributed by atoms with E-state index in [0.29, 0.717) is 24.6 Å². The quantitative estimate of drug-likeness (QED) is 0.829. The lowest BCUT2D eigenvalue weighted by Gasteiger charge is -2.26. The minimum absolute atomic E-state index is 0.534. The third-order valence-corrected chi connectivity index (χ3v) is 2.87. The normalized spacial score (nSPS) is 12.3. The summed E-state index contributed by atoms with van der Waals surface area (Å²) in [5, 5.41) is 2.55. The summed E-state index contributed by atoms with van der Waals surface area (Å²) in [6.45, 7) is 5.39. The molecular formula is C14H17F4NO. The predicted molar refractivity (Wildman–Crippen MR) is 67.9 cm³/mol. The first-order valence-corrected chi connectivity index (χ1v) is 6.26. The molecule has 6 heteroatoms. The van der Waals surface area contributed by atoms with Crippen molar-refractivity contribution in [1.82, 2.24) is 5.32 Å². The van der Waals surface area contributed by atoms with Gasteiger partial charge in [-0.25, -0.2) is 4.39 Å². The average molecular weight is 291 g/mol. The van der Waals surface area contributed by atoms with Crippen molar-refractivity contribution in [2.24, 2.45) is 0 Å². The fraction of sp³-hybridized carbons (Fsp3) is 0.500. The minimum atomic E-state index is -4.61. The van der Waals surface area contributed by atoms with Crippen molar-refractivity contribution < 1.29 is 22.4 Å². The van der Waals surface area contributed by atoms with Gasteiger partial charge in [0.1, 0.15) is 5.82 Å². The molecule has 1 aromatic rings. The lowest BCUT2D eigenvalue weighted by molar-refractivity contribution is -0.137. The Morgan fingerprint density at radius 1 is 1.25 bits per heavy atom. The number of hydrogen-bond acceptors (Lipinski definition) is 1. The van der Waals surface area contributed by atoms with Crippen molar-refractivity contribution in [3.05, 3.63) is 35.1 Å². The molecule has 0 saturated heterocycles. The SMILES string of the molecule is CCCC(C)(C)NC(=O)c1cc(C(F)(F)F)ccc1F. The molecular weight excluding hydrogens is 274 g/mol. The zero-order valence-electron chi connectivity index (χ0n) is 11.6.